The summed E-state index contributed by atoms with van der Waals surface area (Å²) in [6.07, 6.45) is 5.40. The fourth-order valence-corrected chi connectivity index (χ4v) is 4.08. The molecular weight excluding hydrogens is 406 g/mol. The van der Waals surface area contributed by atoms with Gasteiger partial charge in [-0.15, -0.1) is 5.10 Å². The van der Waals surface area contributed by atoms with Gasteiger partial charge in [0.2, 0.25) is 10.0 Å². The van der Waals surface area contributed by atoms with E-state index in [4.69, 9.17) is 0 Å². The molecule has 0 fully saturated rings. The predicted molar refractivity (Wildman–Crippen MR) is 114 cm³/mol. The van der Waals surface area contributed by atoms with Gasteiger partial charge in [-0.25, -0.2) is 22.4 Å². The minimum absolute atomic E-state index is 0.0727. The number of hydrogen-bond donors (Lipinski definition) is 3. The Kier molecular flexibility index (Phi) is 6.04. The molecule has 0 bridgehead atoms. The molecule has 11 heteroatoms. The zero-order valence-electron chi connectivity index (χ0n) is 17.3. The molecule has 0 saturated heterocycles. The summed E-state index contributed by atoms with van der Waals surface area (Å²) < 4.78 is 29.3. The van der Waals surface area contributed by atoms with Crippen molar-refractivity contribution in [3.05, 3.63) is 36.8 Å². The molecule has 3 heterocycles. The zero-order valence-corrected chi connectivity index (χ0v) is 18.1. The molecule has 30 heavy (non-hydrogen) atoms. The number of fused-ring (bicyclic) bond motifs is 1. The average Bonchev–Trinajstić information content (AvgIpc) is 3.06. The first-order valence-corrected chi connectivity index (χ1v) is 11.0. The molecule has 10 nitrogen and oxygen atoms in total. The fraction of sp³-hybridized carbons (Fsp3) is 0.368. The molecule has 0 aliphatic heterocycles. The van der Waals surface area contributed by atoms with E-state index >= 15 is 0 Å². The van der Waals surface area contributed by atoms with Crippen molar-refractivity contribution in [1.82, 2.24) is 29.6 Å². The summed E-state index contributed by atoms with van der Waals surface area (Å²) in [5.41, 5.74) is 1.24. The SMILES string of the molecule is CCCNC(=O)Nc1nc2ccc(-c3cncc(S(=O)(=O)NC(C)(C)C)c3)cn2n1. The second kappa shape index (κ2) is 8.36. The number of aromatic nitrogens is 4. The first-order valence-electron chi connectivity index (χ1n) is 9.48. The van der Waals surface area contributed by atoms with E-state index in [-0.39, 0.29) is 16.9 Å². The van der Waals surface area contributed by atoms with E-state index in [9.17, 15) is 13.2 Å². The van der Waals surface area contributed by atoms with Gasteiger partial charge in [0.1, 0.15) is 4.90 Å². The van der Waals surface area contributed by atoms with Crippen LogP contribution in [0.2, 0.25) is 0 Å². The number of hydrogen-bond acceptors (Lipinski definition) is 6. The van der Waals surface area contributed by atoms with E-state index in [0.717, 1.165) is 6.42 Å². The number of amides is 2. The molecule has 0 atom stereocenters. The third-order valence-corrected chi connectivity index (χ3v) is 5.61. The van der Waals surface area contributed by atoms with Crippen LogP contribution >= 0.6 is 0 Å². The highest BCUT2D eigenvalue weighted by molar-refractivity contribution is 7.89. The maximum Gasteiger partial charge on any atom is 0.321 e. The summed E-state index contributed by atoms with van der Waals surface area (Å²) in [6.45, 7) is 7.83. The molecule has 2 amide bonds. The maximum absolute atomic E-state index is 12.6. The Morgan fingerprint density at radius 1 is 1.17 bits per heavy atom. The summed E-state index contributed by atoms with van der Waals surface area (Å²) in [5, 5.41) is 9.52. The van der Waals surface area contributed by atoms with Crippen LogP contribution < -0.4 is 15.4 Å². The molecule has 0 aromatic carbocycles. The highest BCUT2D eigenvalue weighted by Gasteiger charge is 2.22. The van der Waals surface area contributed by atoms with E-state index in [1.807, 2.05) is 6.92 Å². The van der Waals surface area contributed by atoms with Crippen molar-refractivity contribution in [2.75, 3.05) is 11.9 Å². The lowest BCUT2D eigenvalue weighted by Crippen LogP contribution is -2.40. The zero-order chi connectivity index (χ0) is 21.9. The fourth-order valence-electron chi connectivity index (χ4n) is 2.68. The molecule has 0 unspecified atom stereocenters. The van der Waals surface area contributed by atoms with Crippen LogP contribution in [0.25, 0.3) is 16.8 Å². The highest BCUT2D eigenvalue weighted by Crippen LogP contribution is 2.23. The Labute approximate surface area is 175 Å². The lowest BCUT2D eigenvalue weighted by Gasteiger charge is -2.20. The van der Waals surface area contributed by atoms with Gasteiger partial charge >= 0.3 is 6.03 Å². The van der Waals surface area contributed by atoms with Crippen molar-refractivity contribution in [3.8, 4) is 11.1 Å². The van der Waals surface area contributed by atoms with Gasteiger partial charge < -0.3 is 5.32 Å². The second-order valence-electron chi connectivity index (χ2n) is 7.80. The van der Waals surface area contributed by atoms with E-state index in [2.05, 4.69) is 30.4 Å². The van der Waals surface area contributed by atoms with Gasteiger partial charge in [0.15, 0.2) is 5.65 Å². The molecular formula is C19H25N7O3S. The third-order valence-electron chi connectivity index (χ3n) is 3.89. The summed E-state index contributed by atoms with van der Waals surface area (Å²) in [7, 11) is -3.71. The first-order chi connectivity index (χ1) is 14.1. The number of urea groups is 1. The minimum Gasteiger partial charge on any atom is -0.338 e. The lowest BCUT2D eigenvalue weighted by molar-refractivity contribution is 0.252. The number of carbonyl (C=O) groups is 1. The van der Waals surface area contributed by atoms with Gasteiger partial charge in [-0.05, 0) is 45.4 Å². The number of carbonyl (C=O) groups excluding carboxylic acids is 1. The van der Waals surface area contributed by atoms with Crippen LogP contribution in [0.4, 0.5) is 10.7 Å². The largest absolute Gasteiger partial charge is 0.338 e. The smallest absolute Gasteiger partial charge is 0.321 e. The van der Waals surface area contributed by atoms with E-state index in [1.165, 1.54) is 10.7 Å². The minimum atomic E-state index is -3.71. The Hall–Kier alpha value is -3.05. The van der Waals surface area contributed by atoms with Crippen molar-refractivity contribution in [2.45, 2.75) is 44.6 Å². The van der Waals surface area contributed by atoms with E-state index in [0.29, 0.717) is 23.3 Å². The predicted octanol–water partition coefficient (Wildman–Crippen LogP) is 2.40. The normalized spacial score (nSPS) is 12.1. The van der Waals surface area contributed by atoms with Crippen LogP contribution in [0, 0.1) is 0 Å². The van der Waals surface area contributed by atoms with Gasteiger partial charge in [0.25, 0.3) is 5.95 Å². The van der Waals surface area contributed by atoms with Crippen molar-refractivity contribution in [1.29, 1.82) is 0 Å². The molecule has 0 spiro atoms. The molecule has 0 radical (unpaired) electrons. The van der Waals surface area contributed by atoms with Crippen LogP contribution in [0.15, 0.2) is 41.7 Å². The molecule has 3 rings (SSSR count). The Morgan fingerprint density at radius 3 is 2.63 bits per heavy atom. The number of pyridine rings is 2. The highest BCUT2D eigenvalue weighted by atomic mass is 32.2. The monoisotopic (exact) mass is 431 g/mol. The summed E-state index contributed by atoms with van der Waals surface area (Å²) in [4.78, 5) is 20.2. The van der Waals surface area contributed by atoms with Gasteiger partial charge in [-0.3, -0.25) is 10.3 Å². The molecule has 3 aromatic heterocycles. The van der Waals surface area contributed by atoms with Crippen molar-refractivity contribution >= 4 is 27.6 Å². The maximum atomic E-state index is 12.6. The molecule has 3 N–H and O–H groups in total. The van der Waals surface area contributed by atoms with Crippen LogP contribution in [0.1, 0.15) is 34.1 Å². The van der Waals surface area contributed by atoms with Crippen LogP contribution in [0.5, 0.6) is 0 Å². The van der Waals surface area contributed by atoms with Gasteiger partial charge in [-0.2, -0.15) is 4.98 Å². The number of nitrogens with one attached hydrogen (secondary N) is 3. The van der Waals surface area contributed by atoms with Crippen LogP contribution in [-0.4, -0.2) is 46.1 Å². The van der Waals surface area contributed by atoms with Crippen LogP contribution in [0.3, 0.4) is 0 Å². The van der Waals surface area contributed by atoms with Crippen molar-refractivity contribution in [3.63, 3.8) is 0 Å². The Morgan fingerprint density at radius 2 is 1.93 bits per heavy atom. The standard InChI is InChI=1S/C19H25N7O3S/c1-5-8-21-18(27)23-17-22-16-7-6-13(12-26(16)24-17)14-9-15(11-20-10-14)30(28,29)25-19(2,3)4/h6-7,9-12,25H,5,8H2,1-4H3,(H2,21,23,24,27). The Bertz CT molecular complexity index is 1170. The average molecular weight is 432 g/mol. The van der Waals surface area contributed by atoms with Gasteiger partial charge in [0.05, 0.1) is 0 Å². The number of sulfonamides is 1. The topological polar surface area (TPSA) is 130 Å². The molecule has 0 aliphatic carbocycles. The van der Waals surface area contributed by atoms with Gasteiger partial charge in [0, 0.05) is 41.8 Å². The summed E-state index contributed by atoms with van der Waals surface area (Å²) in [5.74, 6) is 0.171. The molecule has 0 aliphatic rings. The number of anilines is 1. The van der Waals surface area contributed by atoms with Crippen molar-refractivity contribution in [2.24, 2.45) is 0 Å². The molecule has 3 aromatic rings. The lowest BCUT2D eigenvalue weighted by atomic mass is 10.1. The second-order valence-corrected chi connectivity index (χ2v) is 9.48. The van der Waals surface area contributed by atoms with E-state index in [1.54, 1.807) is 51.4 Å². The molecule has 0 saturated carbocycles. The number of nitrogens with zero attached hydrogens (tertiary/aromatic N) is 4. The van der Waals surface area contributed by atoms with Crippen molar-refractivity contribution < 1.29 is 13.2 Å². The molecule has 160 valence electrons. The van der Waals surface area contributed by atoms with Crippen LogP contribution in [-0.2, 0) is 10.0 Å². The number of rotatable bonds is 6. The van der Waals surface area contributed by atoms with E-state index < -0.39 is 15.6 Å². The summed E-state index contributed by atoms with van der Waals surface area (Å²) >= 11 is 0. The first kappa shape index (κ1) is 21.7. The quantitative estimate of drug-likeness (QED) is 0.549. The third kappa shape index (κ3) is 5.30. The van der Waals surface area contributed by atoms with Gasteiger partial charge in [-0.1, -0.05) is 6.92 Å². The summed E-state index contributed by atoms with van der Waals surface area (Å²) in [6, 6.07) is 4.69. The Balaban J connectivity index is 1.87.